The van der Waals surface area contributed by atoms with Crippen molar-refractivity contribution < 1.29 is 47.0 Å². The first-order chi connectivity index (χ1) is 31.4. The van der Waals surface area contributed by atoms with Crippen LogP contribution in [0.1, 0.15) is 124 Å². The van der Waals surface area contributed by atoms with E-state index in [2.05, 4.69) is 5.16 Å². The van der Waals surface area contributed by atoms with E-state index in [0.717, 1.165) is 11.1 Å². The molecule has 360 valence electrons. The molecule has 3 aliphatic rings. The van der Waals surface area contributed by atoms with E-state index in [1.807, 2.05) is 134 Å². The third-order valence-electron chi connectivity index (χ3n) is 13.8. The van der Waals surface area contributed by atoms with Crippen LogP contribution in [0, 0.1) is 23.6 Å². The van der Waals surface area contributed by atoms with Gasteiger partial charge in [0.1, 0.15) is 41.7 Å². The number of rotatable bonds is 14. The van der Waals surface area contributed by atoms with Gasteiger partial charge in [0.05, 0.1) is 18.2 Å². The van der Waals surface area contributed by atoms with E-state index in [1.54, 1.807) is 20.8 Å². The van der Waals surface area contributed by atoms with Crippen LogP contribution in [0.2, 0.25) is 18.1 Å². The number of aromatic nitrogens is 1. The van der Waals surface area contributed by atoms with Gasteiger partial charge in [0.2, 0.25) is 11.6 Å². The van der Waals surface area contributed by atoms with E-state index in [-0.39, 0.29) is 90.2 Å². The molecule has 0 spiro atoms. The van der Waals surface area contributed by atoms with E-state index in [1.165, 1.54) is 4.90 Å². The Morgan fingerprint density at radius 3 is 2.06 bits per heavy atom. The Bertz CT molecular complexity index is 2540. The fourth-order valence-electron chi connectivity index (χ4n) is 9.72. The van der Waals surface area contributed by atoms with Gasteiger partial charge in [0, 0.05) is 34.7 Å². The maximum Gasteiger partial charge on any atom is 0.410 e. The van der Waals surface area contributed by atoms with Crippen LogP contribution in [-0.2, 0) is 46.6 Å². The molecule has 1 fully saturated rings. The molecule has 14 heteroatoms. The standard InChI is InChI=1S/C53H68FN3O9Si/c1-14-35-37(28-57(27-31(2)3)50(61)64-51(4,5)6)42(54)36-25-34-26-38-43(56(10)11)46-41(49(55-65-46)63-30-33-23-19-16-20-24-33)48(60)53(38,66-67(12,13)52(7,8)9)47(59)39(34)44(58)40(36)45(35)62-29-32-21-17-15-18-22-32/h15-24,31,34,38,43,58H,14,25-30H2,1-13H3/t34-,38-,43-,53-/m0/s1. The van der Waals surface area contributed by atoms with Crippen molar-refractivity contribution in [2.24, 2.45) is 17.8 Å². The van der Waals surface area contributed by atoms with Crippen LogP contribution in [0.5, 0.6) is 11.6 Å². The Morgan fingerprint density at radius 2 is 1.52 bits per heavy atom. The lowest BCUT2D eigenvalue weighted by Crippen LogP contribution is -2.68. The molecule has 7 rings (SSSR count). The van der Waals surface area contributed by atoms with Crippen molar-refractivity contribution in [1.82, 2.24) is 15.0 Å². The molecule has 0 bridgehead atoms. The molecule has 0 radical (unpaired) electrons. The third-order valence-corrected chi connectivity index (χ3v) is 18.2. The number of carbonyl (C=O) groups excluding carboxylic acids is 3. The fourth-order valence-corrected chi connectivity index (χ4v) is 11.2. The Morgan fingerprint density at radius 1 is 0.925 bits per heavy atom. The highest BCUT2D eigenvalue weighted by Gasteiger charge is 2.69. The average molecular weight is 938 g/mol. The van der Waals surface area contributed by atoms with Gasteiger partial charge in [-0.05, 0) is 100 Å². The molecular weight excluding hydrogens is 870 g/mol. The van der Waals surface area contributed by atoms with Crippen molar-refractivity contribution in [3.63, 3.8) is 0 Å². The molecule has 4 atom stereocenters. The van der Waals surface area contributed by atoms with Gasteiger partial charge in [0.15, 0.2) is 19.7 Å². The molecule has 3 aromatic carbocycles. The lowest BCUT2D eigenvalue weighted by molar-refractivity contribution is -0.140. The molecule has 0 saturated heterocycles. The predicted octanol–water partition coefficient (Wildman–Crippen LogP) is 11.2. The van der Waals surface area contributed by atoms with E-state index in [9.17, 15) is 9.90 Å². The number of fused-ring (bicyclic) bond motifs is 4. The van der Waals surface area contributed by atoms with Crippen molar-refractivity contribution in [3.05, 3.63) is 117 Å². The maximum absolute atomic E-state index is 17.9. The first-order valence-corrected chi connectivity index (χ1v) is 26.4. The van der Waals surface area contributed by atoms with Crippen molar-refractivity contribution in [3.8, 4) is 11.6 Å². The monoisotopic (exact) mass is 937 g/mol. The minimum absolute atomic E-state index is 0.00266. The van der Waals surface area contributed by atoms with Crippen LogP contribution in [0.15, 0.2) is 70.8 Å². The summed E-state index contributed by atoms with van der Waals surface area (Å²) in [6.07, 6.45) is -0.169. The van der Waals surface area contributed by atoms with Gasteiger partial charge in [-0.3, -0.25) is 14.5 Å². The molecule has 1 aromatic heterocycles. The van der Waals surface area contributed by atoms with E-state index in [0.29, 0.717) is 12.1 Å². The Hall–Kier alpha value is -5.31. The lowest BCUT2D eigenvalue weighted by Gasteiger charge is -2.55. The molecule has 4 aromatic rings. The summed E-state index contributed by atoms with van der Waals surface area (Å²) < 4.78 is 50.0. The fraction of sp³-hybridized carbons (Fsp3) is 0.509. The van der Waals surface area contributed by atoms with Crippen molar-refractivity contribution in [2.75, 3.05) is 20.6 Å². The number of amides is 1. The summed E-state index contributed by atoms with van der Waals surface area (Å²) in [6, 6.07) is 18.2. The molecule has 0 unspecified atom stereocenters. The van der Waals surface area contributed by atoms with Crippen molar-refractivity contribution in [1.29, 1.82) is 0 Å². The number of benzene rings is 3. The second-order valence-corrected chi connectivity index (χ2v) is 26.2. The zero-order valence-electron chi connectivity index (χ0n) is 41.5. The number of ether oxygens (including phenoxy) is 3. The van der Waals surface area contributed by atoms with Gasteiger partial charge >= 0.3 is 6.09 Å². The van der Waals surface area contributed by atoms with Crippen LogP contribution in [-0.4, -0.2) is 77.9 Å². The first kappa shape index (κ1) is 49.6. The topological polar surface area (TPSA) is 141 Å². The molecule has 1 amide bonds. The Kier molecular flexibility index (Phi) is 13.8. The minimum Gasteiger partial charge on any atom is -0.507 e. The first-order valence-electron chi connectivity index (χ1n) is 23.5. The minimum atomic E-state index is -3.03. The van der Waals surface area contributed by atoms with Gasteiger partial charge in [-0.2, -0.15) is 0 Å². The van der Waals surface area contributed by atoms with E-state index < -0.39 is 71.7 Å². The number of halogens is 1. The lowest BCUT2D eigenvalue weighted by atomic mass is 9.57. The predicted molar refractivity (Wildman–Crippen MR) is 257 cm³/mol. The highest BCUT2D eigenvalue weighted by molar-refractivity contribution is 6.74. The molecule has 67 heavy (non-hydrogen) atoms. The van der Waals surface area contributed by atoms with Crippen LogP contribution < -0.4 is 9.47 Å². The molecule has 3 aliphatic carbocycles. The molecule has 12 nitrogen and oxygen atoms in total. The Labute approximate surface area is 395 Å². The number of aliphatic hydroxyl groups excluding tert-OH is 1. The summed E-state index contributed by atoms with van der Waals surface area (Å²) in [5.41, 5.74) is -0.319. The number of Topliss-reactive ketones (excluding diaryl/α,β-unsaturated/α-hetero) is 2. The van der Waals surface area contributed by atoms with Gasteiger partial charge in [0.25, 0.3) is 5.88 Å². The maximum atomic E-state index is 17.9. The SMILES string of the molecule is CCc1c(CN(CC(C)C)C(=O)OC(C)(C)C)c(F)c2c(c1OCc1ccccc1)C(O)=C1C(=O)[C@]3(O[Si](C)(C)C(C)(C)C)C(=O)c4c(OCc5ccccc5)noc4[C@@H](N(C)C)[C@@H]3C[C@@H]1C2. The summed E-state index contributed by atoms with van der Waals surface area (Å²) >= 11 is 0. The Balaban J connectivity index is 1.45. The van der Waals surface area contributed by atoms with Gasteiger partial charge in [-0.1, -0.05) is 102 Å². The molecule has 1 N–H and O–H groups in total. The number of carbonyl (C=O) groups is 3. The summed E-state index contributed by atoms with van der Waals surface area (Å²) in [7, 11) is 0.669. The summed E-state index contributed by atoms with van der Waals surface area (Å²) in [4.78, 5) is 49.1. The van der Waals surface area contributed by atoms with Gasteiger partial charge < -0.3 is 33.2 Å². The van der Waals surface area contributed by atoms with Gasteiger partial charge in [-0.25, -0.2) is 9.18 Å². The molecule has 1 saturated carbocycles. The number of ketones is 2. The summed E-state index contributed by atoms with van der Waals surface area (Å²) in [5.74, 6) is -3.51. The van der Waals surface area contributed by atoms with Crippen LogP contribution in [0.3, 0.4) is 0 Å². The van der Waals surface area contributed by atoms with Crippen molar-refractivity contribution >= 4 is 31.7 Å². The number of nitrogens with zero attached hydrogens (tertiary/aromatic N) is 3. The summed E-state index contributed by atoms with van der Waals surface area (Å²) in [5, 5.41) is 16.8. The van der Waals surface area contributed by atoms with E-state index in [4.69, 9.17) is 23.2 Å². The number of hydrogen-bond acceptors (Lipinski definition) is 11. The highest BCUT2D eigenvalue weighted by Crippen LogP contribution is 2.59. The average Bonchev–Trinajstić information content (AvgIpc) is 3.66. The van der Waals surface area contributed by atoms with Gasteiger partial charge in [-0.15, -0.1) is 0 Å². The quantitative estimate of drug-likeness (QED) is 0.0954. The summed E-state index contributed by atoms with van der Waals surface area (Å²) in [6.45, 7) is 21.6. The van der Waals surface area contributed by atoms with Crippen LogP contribution >= 0.6 is 0 Å². The largest absolute Gasteiger partial charge is 0.507 e. The zero-order valence-corrected chi connectivity index (χ0v) is 42.5. The van der Waals surface area contributed by atoms with Crippen LogP contribution in [0.4, 0.5) is 9.18 Å². The number of hydrogen-bond donors (Lipinski definition) is 1. The second kappa shape index (κ2) is 18.6. The zero-order chi connectivity index (χ0) is 49.0. The van der Waals surface area contributed by atoms with E-state index >= 15 is 14.0 Å². The molecule has 1 heterocycles. The highest BCUT2D eigenvalue weighted by atomic mass is 28.4. The second-order valence-electron chi connectivity index (χ2n) is 21.5. The smallest absolute Gasteiger partial charge is 0.410 e. The van der Waals surface area contributed by atoms with Crippen molar-refractivity contribution in [2.45, 2.75) is 137 Å². The molecule has 0 aliphatic heterocycles. The van der Waals surface area contributed by atoms with Crippen LogP contribution in [0.25, 0.3) is 5.76 Å². The third kappa shape index (κ3) is 9.33. The number of aliphatic hydroxyl groups is 1. The normalized spacial score (nSPS) is 20.6. The molecular formula is C53H68FN3O9Si.